The zero-order valence-corrected chi connectivity index (χ0v) is 14.4. The van der Waals surface area contributed by atoms with Crippen molar-refractivity contribution in [3.63, 3.8) is 0 Å². The first-order chi connectivity index (χ1) is 11.6. The molecule has 0 aliphatic heterocycles. The van der Waals surface area contributed by atoms with Crippen LogP contribution in [0.25, 0.3) is 5.69 Å². The van der Waals surface area contributed by atoms with Crippen molar-refractivity contribution in [3.8, 4) is 11.4 Å². The molecule has 0 saturated heterocycles. The standard InChI is InChI=1S/C17H22N6O/c1-12(2)23-18-10-14(20-23)8-13(3)17-11-22(21-19-17)15-6-5-7-16(9-15)24-4/h5-7,9-13H,8H2,1-4H3. The lowest BCUT2D eigenvalue weighted by Gasteiger charge is -2.06. The smallest absolute Gasteiger partial charge is 0.121 e. The maximum atomic E-state index is 5.25. The molecule has 0 aliphatic rings. The maximum absolute atomic E-state index is 5.25. The normalized spacial score (nSPS) is 12.5. The molecule has 3 rings (SSSR count). The minimum Gasteiger partial charge on any atom is -0.497 e. The van der Waals surface area contributed by atoms with E-state index in [2.05, 4.69) is 41.3 Å². The molecule has 2 heterocycles. The molecule has 7 heteroatoms. The number of rotatable bonds is 6. The molecule has 0 N–H and O–H groups in total. The van der Waals surface area contributed by atoms with E-state index in [1.807, 2.05) is 36.7 Å². The first kappa shape index (κ1) is 16.2. The van der Waals surface area contributed by atoms with Crippen LogP contribution in [0.3, 0.4) is 0 Å². The molecule has 7 nitrogen and oxygen atoms in total. The van der Waals surface area contributed by atoms with Gasteiger partial charge in [0.1, 0.15) is 5.75 Å². The molecule has 0 saturated carbocycles. The van der Waals surface area contributed by atoms with Gasteiger partial charge in [-0.05, 0) is 26.0 Å². The molecule has 2 aromatic heterocycles. The lowest BCUT2D eigenvalue weighted by atomic mass is 10.0. The van der Waals surface area contributed by atoms with Crippen molar-refractivity contribution in [2.45, 2.75) is 39.2 Å². The van der Waals surface area contributed by atoms with E-state index in [0.29, 0.717) is 0 Å². The molecule has 1 unspecified atom stereocenters. The Morgan fingerprint density at radius 2 is 2.04 bits per heavy atom. The summed E-state index contributed by atoms with van der Waals surface area (Å²) in [7, 11) is 1.65. The van der Waals surface area contributed by atoms with Gasteiger partial charge in [0.2, 0.25) is 0 Å². The van der Waals surface area contributed by atoms with E-state index in [4.69, 9.17) is 4.74 Å². The van der Waals surface area contributed by atoms with Crippen LogP contribution in [-0.4, -0.2) is 37.1 Å². The molecule has 1 atom stereocenters. The van der Waals surface area contributed by atoms with E-state index in [9.17, 15) is 0 Å². The summed E-state index contributed by atoms with van der Waals surface area (Å²) in [4.78, 5) is 1.73. The molecular formula is C17H22N6O. The largest absolute Gasteiger partial charge is 0.497 e. The van der Waals surface area contributed by atoms with Crippen LogP contribution in [0.15, 0.2) is 36.7 Å². The highest BCUT2D eigenvalue weighted by atomic mass is 16.5. The lowest BCUT2D eigenvalue weighted by molar-refractivity contribution is 0.414. The monoisotopic (exact) mass is 326 g/mol. The van der Waals surface area contributed by atoms with Crippen molar-refractivity contribution in [3.05, 3.63) is 48.0 Å². The molecule has 24 heavy (non-hydrogen) atoms. The van der Waals surface area contributed by atoms with Crippen molar-refractivity contribution in [2.75, 3.05) is 7.11 Å². The van der Waals surface area contributed by atoms with Gasteiger partial charge in [-0.15, -0.1) is 5.10 Å². The predicted octanol–water partition coefficient (Wildman–Crippen LogP) is 2.79. The van der Waals surface area contributed by atoms with Crippen LogP contribution < -0.4 is 4.74 Å². The number of hydrogen-bond acceptors (Lipinski definition) is 5. The Hall–Kier alpha value is -2.70. The van der Waals surface area contributed by atoms with Gasteiger partial charge in [0.15, 0.2) is 0 Å². The molecule has 0 aliphatic carbocycles. The van der Waals surface area contributed by atoms with Crippen LogP contribution in [0.1, 0.15) is 44.1 Å². The summed E-state index contributed by atoms with van der Waals surface area (Å²) >= 11 is 0. The van der Waals surface area contributed by atoms with Gasteiger partial charge in [0.25, 0.3) is 0 Å². The zero-order chi connectivity index (χ0) is 17.1. The third kappa shape index (κ3) is 3.45. The van der Waals surface area contributed by atoms with E-state index in [1.165, 1.54) is 0 Å². The van der Waals surface area contributed by atoms with E-state index in [-0.39, 0.29) is 12.0 Å². The summed E-state index contributed by atoms with van der Waals surface area (Å²) in [6, 6.07) is 8.01. The van der Waals surface area contributed by atoms with Crippen molar-refractivity contribution in [1.29, 1.82) is 0 Å². The van der Waals surface area contributed by atoms with Crippen molar-refractivity contribution in [2.24, 2.45) is 0 Å². The van der Waals surface area contributed by atoms with Gasteiger partial charge >= 0.3 is 0 Å². The number of aromatic nitrogens is 6. The average Bonchev–Trinajstić information content (AvgIpc) is 3.24. The van der Waals surface area contributed by atoms with Crippen LogP contribution in [0.4, 0.5) is 0 Å². The van der Waals surface area contributed by atoms with Gasteiger partial charge in [0, 0.05) is 18.4 Å². The minimum atomic E-state index is 0.210. The second kappa shape index (κ2) is 6.82. The molecule has 126 valence electrons. The zero-order valence-electron chi connectivity index (χ0n) is 14.4. The second-order valence-corrected chi connectivity index (χ2v) is 6.14. The van der Waals surface area contributed by atoms with Crippen LogP contribution in [0, 0.1) is 0 Å². The molecule has 1 aromatic carbocycles. The fourth-order valence-corrected chi connectivity index (χ4v) is 2.45. The highest BCUT2D eigenvalue weighted by Crippen LogP contribution is 2.20. The third-order valence-electron chi connectivity index (χ3n) is 3.87. The van der Waals surface area contributed by atoms with Crippen LogP contribution in [0.2, 0.25) is 0 Å². The van der Waals surface area contributed by atoms with E-state index in [0.717, 1.165) is 29.2 Å². The van der Waals surface area contributed by atoms with Gasteiger partial charge in [-0.25, -0.2) is 4.68 Å². The molecule has 0 bridgehead atoms. The van der Waals surface area contributed by atoms with Gasteiger partial charge in [-0.2, -0.15) is 15.0 Å². The predicted molar refractivity (Wildman–Crippen MR) is 90.4 cm³/mol. The number of hydrogen-bond donors (Lipinski definition) is 0. The summed E-state index contributed by atoms with van der Waals surface area (Å²) in [6.45, 7) is 6.24. The quantitative estimate of drug-likeness (QED) is 0.696. The lowest BCUT2D eigenvalue weighted by Crippen LogP contribution is -2.06. The molecule has 0 radical (unpaired) electrons. The van der Waals surface area contributed by atoms with Gasteiger partial charge in [0.05, 0.1) is 42.6 Å². The Bertz CT molecular complexity index is 807. The Labute approximate surface area is 141 Å². The van der Waals surface area contributed by atoms with Crippen molar-refractivity contribution in [1.82, 2.24) is 30.0 Å². The topological polar surface area (TPSA) is 70.7 Å². The fourth-order valence-electron chi connectivity index (χ4n) is 2.45. The highest BCUT2D eigenvalue weighted by molar-refractivity contribution is 5.38. The maximum Gasteiger partial charge on any atom is 0.121 e. The summed E-state index contributed by atoms with van der Waals surface area (Å²) in [5.41, 5.74) is 2.81. The van der Waals surface area contributed by atoms with Crippen molar-refractivity contribution < 1.29 is 4.74 Å². The number of ether oxygens (including phenoxy) is 1. The Kier molecular flexibility index (Phi) is 4.59. The SMILES string of the molecule is COc1cccc(-n2cc(C(C)Cc3cnn(C(C)C)n3)nn2)c1. The number of nitrogens with zero attached hydrogens (tertiary/aromatic N) is 6. The summed E-state index contributed by atoms with van der Waals surface area (Å²) in [5, 5.41) is 17.3. The summed E-state index contributed by atoms with van der Waals surface area (Å²) < 4.78 is 7.02. The van der Waals surface area contributed by atoms with E-state index >= 15 is 0 Å². The van der Waals surface area contributed by atoms with Gasteiger partial charge in [-0.1, -0.05) is 18.2 Å². The molecule has 0 spiro atoms. The molecular weight excluding hydrogens is 304 g/mol. The highest BCUT2D eigenvalue weighted by Gasteiger charge is 2.14. The molecule has 0 fully saturated rings. The second-order valence-electron chi connectivity index (χ2n) is 6.14. The molecule has 0 amide bonds. The third-order valence-corrected chi connectivity index (χ3v) is 3.87. The Morgan fingerprint density at radius 3 is 2.75 bits per heavy atom. The molecule has 3 aromatic rings. The van der Waals surface area contributed by atoms with Gasteiger partial charge < -0.3 is 4.74 Å². The van der Waals surface area contributed by atoms with Crippen LogP contribution >= 0.6 is 0 Å². The van der Waals surface area contributed by atoms with Gasteiger partial charge in [-0.3, -0.25) is 0 Å². The first-order valence-electron chi connectivity index (χ1n) is 8.04. The fraction of sp³-hybridized carbons (Fsp3) is 0.412. The Morgan fingerprint density at radius 1 is 1.21 bits per heavy atom. The first-order valence-corrected chi connectivity index (χ1v) is 8.04. The number of methoxy groups -OCH3 is 1. The van der Waals surface area contributed by atoms with Crippen molar-refractivity contribution >= 4 is 0 Å². The van der Waals surface area contributed by atoms with E-state index < -0.39 is 0 Å². The minimum absolute atomic E-state index is 0.210. The van der Waals surface area contributed by atoms with Crippen LogP contribution in [0.5, 0.6) is 5.75 Å². The van der Waals surface area contributed by atoms with Crippen LogP contribution in [-0.2, 0) is 6.42 Å². The number of benzene rings is 1. The van der Waals surface area contributed by atoms with E-state index in [1.54, 1.807) is 16.6 Å². The Balaban J connectivity index is 1.74. The summed E-state index contributed by atoms with van der Waals surface area (Å²) in [6.07, 6.45) is 4.55. The summed E-state index contributed by atoms with van der Waals surface area (Å²) in [5.74, 6) is 1.00. The average molecular weight is 326 g/mol.